The number of nitrogens with one attached hydrogen (secondary N) is 1. The van der Waals surface area contributed by atoms with Crippen LogP contribution in [0.25, 0.3) is 0 Å². The van der Waals surface area contributed by atoms with Crippen LogP contribution in [0.3, 0.4) is 0 Å². The number of nitrogens with zero attached hydrogens (tertiary/aromatic N) is 2. The molecule has 2 N–H and O–H groups in total. The van der Waals surface area contributed by atoms with Gasteiger partial charge < -0.3 is 15.2 Å². The van der Waals surface area contributed by atoms with E-state index < -0.39 is 12.6 Å². The first-order chi connectivity index (χ1) is 14.9. The molecule has 4 rings (SSSR count). The number of carboxylic acid groups (broad SMARTS) is 1. The van der Waals surface area contributed by atoms with E-state index in [0.29, 0.717) is 18.0 Å². The van der Waals surface area contributed by atoms with Crippen molar-refractivity contribution in [2.24, 2.45) is 0 Å². The van der Waals surface area contributed by atoms with Crippen LogP contribution < -0.4 is 15.0 Å². The minimum absolute atomic E-state index is 0.0484. The first-order valence-electron chi connectivity index (χ1n) is 10.6. The summed E-state index contributed by atoms with van der Waals surface area (Å²) in [7, 11) is 4.25. The first-order valence-corrected chi connectivity index (χ1v) is 10.6. The molecular weight excluding hydrogens is 394 g/mol. The van der Waals surface area contributed by atoms with E-state index >= 15 is 0 Å². The fourth-order valence-corrected chi connectivity index (χ4v) is 5.01. The normalized spacial score (nSPS) is 25.6. The maximum Gasteiger partial charge on any atom is 0.341 e. The van der Waals surface area contributed by atoms with Crippen LogP contribution in [0.4, 0.5) is 10.5 Å². The molecule has 0 atom stereocenters. The molecule has 2 amide bonds. The molecule has 1 aliphatic heterocycles. The van der Waals surface area contributed by atoms with Crippen molar-refractivity contribution < 1.29 is 19.4 Å². The van der Waals surface area contributed by atoms with Gasteiger partial charge in [0.1, 0.15) is 5.75 Å². The molecule has 1 saturated carbocycles. The van der Waals surface area contributed by atoms with Crippen LogP contribution in [0.15, 0.2) is 54.6 Å². The van der Waals surface area contributed by atoms with Gasteiger partial charge in [0.2, 0.25) is 0 Å². The SMILES string of the molecule is CN(C)C1(c2ccccc2)CCC2(CC1)CN(c1ccccc1OCC(=O)O)C(=O)N2. The largest absolute Gasteiger partial charge is 0.480 e. The molecule has 0 radical (unpaired) electrons. The standard InChI is InChI=1S/C24H29N3O4/c1-26(2)24(18-8-4-3-5-9-18)14-12-23(13-15-24)17-27(22(30)25-23)19-10-6-7-11-20(19)31-16-21(28)29/h3-11H,12-17H2,1-2H3,(H,25,30)(H,28,29). The third kappa shape index (κ3) is 3.97. The topological polar surface area (TPSA) is 82.1 Å². The molecule has 2 aromatic carbocycles. The zero-order chi connectivity index (χ0) is 22.1. The number of hydrogen-bond acceptors (Lipinski definition) is 4. The van der Waals surface area contributed by atoms with Crippen molar-refractivity contribution >= 4 is 17.7 Å². The molecule has 7 nitrogen and oxygen atoms in total. The molecule has 2 fully saturated rings. The van der Waals surface area contributed by atoms with Gasteiger partial charge in [-0.25, -0.2) is 9.59 Å². The van der Waals surface area contributed by atoms with Crippen LogP contribution in [0.5, 0.6) is 5.75 Å². The average Bonchev–Trinajstić information content (AvgIpc) is 3.09. The lowest BCUT2D eigenvalue weighted by atomic mass is 9.69. The zero-order valence-electron chi connectivity index (χ0n) is 18.0. The van der Waals surface area contributed by atoms with Crippen molar-refractivity contribution in [3.8, 4) is 5.75 Å². The number of carboxylic acids is 1. The predicted molar refractivity (Wildman–Crippen MR) is 118 cm³/mol. The van der Waals surface area contributed by atoms with Crippen LogP contribution in [0, 0.1) is 0 Å². The van der Waals surface area contributed by atoms with Gasteiger partial charge in [0.05, 0.1) is 17.8 Å². The Hall–Kier alpha value is -3.06. The summed E-state index contributed by atoms with van der Waals surface area (Å²) in [4.78, 5) is 27.8. The molecule has 2 aliphatic rings. The number of anilines is 1. The molecule has 0 bridgehead atoms. The van der Waals surface area contributed by atoms with Crippen LogP contribution >= 0.6 is 0 Å². The Morgan fingerprint density at radius 1 is 1.06 bits per heavy atom. The van der Waals surface area contributed by atoms with Gasteiger partial charge in [0.25, 0.3) is 0 Å². The summed E-state index contributed by atoms with van der Waals surface area (Å²) in [6, 6.07) is 17.5. The van der Waals surface area contributed by atoms with Gasteiger partial charge in [-0.1, -0.05) is 42.5 Å². The summed E-state index contributed by atoms with van der Waals surface area (Å²) < 4.78 is 5.43. The summed E-state index contributed by atoms with van der Waals surface area (Å²) in [5.41, 5.74) is 1.56. The third-order valence-corrected chi connectivity index (χ3v) is 6.79. The second-order valence-electron chi connectivity index (χ2n) is 8.74. The van der Waals surface area contributed by atoms with Crippen molar-refractivity contribution in [2.45, 2.75) is 36.8 Å². The van der Waals surface area contributed by atoms with Crippen LogP contribution in [-0.4, -0.2) is 54.8 Å². The number of aliphatic carboxylic acids is 1. The highest BCUT2D eigenvalue weighted by molar-refractivity contribution is 5.96. The molecule has 1 saturated heterocycles. The molecule has 31 heavy (non-hydrogen) atoms. The first kappa shape index (κ1) is 21.2. The Morgan fingerprint density at radius 2 is 1.71 bits per heavy atom. The van der Waals surface area contributed by atoms with E-state index in [1.54, 1.807) is 23.1 Å². The highest BCUT2D eigenvalue weighted by atomic mass is 16.5. The van der Waals surface area contributed by atoms with Gasteiger partial charge in [-0.2, -0.15) is 0 Å². The van der Waals surface area contributed by atoms with E-state index in [-0.39, 0.29) is 17.1 Å². The third-order valence-electron chi connectivity index (χ3n) is 6.79. The number of rotatable bonds is 6. The Kier molecular flexibility index (Phi) is 5.62. The number of carbonyl (C=O) groups is 2. The molecule has 2 aromatic rings. The van der Waals surface area contributed by atoms with Gasteiger partial charge in [0, 0.05) is 5.54 Å². The van der Waals surface area contributed by atoms with Gasteiger partial charge in [-0.05, 0) is 57.5 Å². The molecular formula is C24H29N3O4. The van der Waals surface area contributed by atoms with E-state index in [1.807, 2.05) is 12.1 Å². The van der Waals surface area contributed by atoms with Gasteiger partial charge >= 0.3 is 12.0 Å². The van der Waals surface area contributed by atoms with Crippen molar-refractivity contribution in [2.75, 3.05) is 32.1 Å². The minimum Gasteiger partial charge on any atom is -0.480 e. The molecule has 164 valence electrons. The monoisotopic (exact) mass is 423 g/mol. The van der Waals surface area contributed by atoms with E-state index in [4.69, 9.17) is 9.84 Å². The van der Waals surface area contributed by atoms with Crippen LogP contribution in [-0.2, 0) is 10.3 Å². The van der Waals surface area contributed by atoms with Crippen molar-refractivity contribution in [1.29, 1.82) is 0 Å². The number of carbonyl (C=O) groups excluding carboxylic acids is 1. The Bertz CT molecular complexity index is 952. The van der Waals surface area contributed by atoms with E-state index in [0.717, 1.165) is 25.7 Å². The Morgan fingerprint density at radius 3 is 2.35 bits per heavy atom. The highest BCUT2D eigenvalue weighted by Gasteiger charge is 2.50. The lowest BCUT2D eigenvalue weighted by Gasteiger charge is -2.48. The minimum atomic E-state index is -1.05. The summed E-state index contributed by atoms with van der Waals surface area (Å²) in [5.74, 6) is -0.648. The molecule has 0 unspecified atom stereocenters. The number of hydrogen-bond donors (Lipinski definition) is 2. The summed E-state index contributed by atoms with van der Waals surface area (Å²) >= 11 is 0. The smallest absolute Gasteiger partial charge is 0.341 e. The van der Waals surface area contributed by atoms with Gasteiger partial charge in [0.15, 0.2) is 6.61 Å². The quantitative estimate of drug-likeness (QED) is 0.744. The number of urea groups is 1. The Balaban J connectivity index is 1.54. The number of amides is 2. The summed E-state index contributed by atoms with van der Waals surface area (Å²) in [6.45, 7) is 0.0949. The molecule has 1 aliphatic carbocycles. The second kappa shape index (κ2) is 8.23. The fraction of sp³-hybridized carbons (Fsp3) is 0.417. The number of benzene rings is 2. The van der Waals surface area contributed by atoms with Gasteiger partial charge in [-0.3, -0.25) is 9.80 Å². The highest BCUT2D eigenvalue weighted by Crippen LogP contribution is 2.46. The van der Waals surface area contributed by atoms with E-state index in [9.17, 15) is 9.59 Å². The molecule has 7 heteroatoms. The molecule has 0 aromatic heterocycles. The second-order valence-corrected chi connectivity index (χ2v) is 8.74. The van der Waals surface area contributed by atoms with Crippen LogP contribution in [0.1, 0.15) is 31.2 Å². The van der Waals surface area contributed by atoms with E-state index in [1.165, 1.54) is 5.56 Å². The Labute approximate surface area is 182 Å². The lowest BCUT2D eigenvalue weighted by Crippen LogP contribution is -2.54. The number of para-hydroxylation sites is 2. The maximum atomic E-state index is 12.9. The number of ether oxygens (including phenoxy) is 1. The lowest BCUT2D eigenvalue weighted by molar-refractivity contribution is -0.139. The van der Waals surface area contributed by atoms with Crippen molar-refractivity contribution in [1.82, 2.24) is 10.2 Å². The van der Waals surface area contributed by atoms with Crippen molar-refractivity contribution in [3.63, 3.8) is 0 Å². The molecule has 1 heterocycles. The predicted octanol–water partition coefficient (Wildman–Crippen LogP) is 3.45. The summed E-state index contributed by atoms with van der Waals surface area (Å²) in [6.07, 6.45) is 3.60. The molecule has 1 spiro atoms. The maximum absolute atomic E-state index is 12.9. The van der Waals surface area contributed by atoms with E-state index in [2.05, 4.69) is 48.6 Å². The average molecular weight is 424 g/mol. The fourth-order valence-electron chi connectivity index (χ4n) is 5.01. The van der Waals surface area contributed by atoms with Crippen molar-refractivity contribution in [3.05, 3.63) is 60.2 Å². The summed E-state index contributed by atoms with van der Waals surface area (Å²) in [5, 5.41) is 12.2. The zero-order valence-corrected chi connectivity index (χ0v) is 18.0. The van der Waals surface area contributed by atoms with Gasteiger partial charge in [-0.15, -0.1) is 0 Å². The van der Waals surface area contributed by atoms with Crippen LogP contribution in [0.2, 0.25) is 0 Å².